The minimum atomic E-state index is -0.150. The molecule has 7 heteroatoms. The minimum Gasteiger partial charge on any atom is -0.385 e. The Bertz CT molecular complexity index is 855. The molecule has 2 aromatic rings. The van der Waals surface area contributed by atoms with Crippen LogP contribution in [-0.4, -0.2) is 49.0 Å². The summed E-state index contributed by atoms with van der Waals surface area (Å²) < 4.78 is 6.45. The molecule has 1 aliphatic rings. The summed E-state index contributed by atoms with van der Waals surface area (Å²) in [5, 5.41) is 7.57. The molecule has 0 bridgehead atoms. The second kappa shape index (κ2) is 10.2. The maximum atomic E-state index is 12.3. The molecule has 0 saturated carbocycles. The van der Waals surface area contributed by atoms with Crippen molar-refractivity contribution in [1.29, 1.82) is 0 Å². The van der Waals surface area contributed by atoms with Crippen LogP contribution < -0.4 is 15.8 Å². The van der Waals surface area contributed by atoms with E-state index in [1.807, 2.05) is 24.3 Å². The lowest BCUT2D eigenvalue weighted by Gasteiger charge is -2.32. The second-order valence-corrected chi connectivity index (χ2v) is 7.36. The molecule has 0 unspecified atom stereocenters. The van der Waals surface area contributed by atoms with Crippen LogP contribution >= 0.6 is 0 Å². The summed E-state index contributed by atoms with van der Waals surface area (Å²) >= 11 is 0. The van der Waals surface area contributed by atoms with E-state index < -0.39 is 0 Å². The molecule has 1 aromatic carbocycles. The van der Waals surface area contributed by atoms with E-state index >= 15 is 0 Å². The van der Waals surface area contributed by atoms with Crippen LogP contribution in [0.5, 0.6) is 0 Å². The third-order valence-electron chi connectivity index (χ3n) is 5.39. The Morgan fingerprint density at radius 2 is 1.90 bits per heavy atom. The molecule has 2 heterocycles. The lowest BCUT2D eigenvalue weighted by molar-refractivity contribution is -0.125. The number of ether oxygens (including phenoxy) is 1. The highest BCUT2D eigenvalue weighted by Crippen LogP contribution is 2.21. The largest absolute Gasteiger partial charge is 0.385 e. The first-order valence-electron chi connectivity index (χ1n) is 10.3. The molecule has 1 aliphatic heterocycles. The summed E-state index contributed by atoms with van der Waals surface area (Å²) in [4.78, 5) is 26.8. The number of carbonyl (C=O) groups excluding carboxylic acids is 1. The van der Waals surface area contributed by atoms with Crippen LogP contribution in [0.4, 0.5) is 5.82 Å². The van der Waals surface area contributed by atoms with E-state index in [0.29, 0.717) is 13.2 Å². The first kappa shape index (κ1) is 21.0. The van der Waals surface area contributed by atoms with E-state index in [4.69, 9.17) is 4.74 Å². The summed E-state index contributed by atoms with van der Waals surface area (Å²) in [5.41, 5.74) is 1.84. The number of methoxy groups -OCH3 is 1. The van der Waals surface area contributed by atoms with Crippen molar-refractivity contribution in [2.45, 2.75) is 32.6 Å². The third kappa shape index (κ3) is 5.44. The van der Waals surface area contributed by atoms with Crippen LogP contribution in [0.1, 0.15) is 31.7 Å². The number of nitrogens with zero attached hydrogens (tertiary/aromatic N) is 3. The molecule has 1 N–H and O–H groups in total. The second-order valence-electron chi connectivity index (χ2n) is 7.36. The van der Waals surface area contributed by atoms with Crippen molar-refractivity contribution in [3.63, 3.8) is 0 Å². The number of aryl methyl sites for hydroxylation is 1. The van der Waals surface area contributed by atoms with E-state index in [9.17, 15) is 9.59 Å². The van der Waals surface area contributed by atoms with Crippen LogP contribution in [-0.2, 0) is 16.0 Å². The number of piperidine rings is 1. The monoisotopic (exact) mass is 398 g/mol. The molecule has 1 aromatic heterocycles. The predicted octanol–water partition coefficient (Wildman–Crippen LogP) is 2.16. The molecule has 1 fully saturated rings. The smallest absolute Gasteiger partial charge is 0.271 e. The molecule has 156 valence electrons. The molecule has 1 amide bonds. The Balaban J connectivity index is 1.62. The summed E-state index contributed by atoms with van der Waals surface area (Å²) in [6, 6.07) is 11.2. The van der Waals surface area contributed by atoms with Crippen molar-refractivity contribution in [3.8, 4) is 5.69 Å². The molecular formula is C22H30N4O3. The van der Waals surface area contributed by atoms with E-state index in [1.54, 1.807) is 19.2 Å². The fourth-order valence-corrected chi connectivity index (χ4v) is 3.57. The topological polar surface area (TPSA) is 76.5 Å². The Labute approximate surface area is 171 Å². The molecule has 1 saturated heterocycles. The quantitative estimate of drug-likeness (QED) is 0.690. The summed E-state index contributed by atoms with van der Waals surface area (Å²) in [6.07, 6.45) is 3.34. The van der Waals surface area contributed by atoms with E-state index in [0.717, 1.165) is 50.3 Å². The first-order valence-corrected chi connectivity index (χ1v) is 10.3. The van der Waals surface area contributed by atoms with E-state index in [1.165, 1.54) is 10.2 Å². The lowest BCUT2D eigenvalue weighted by atomic mass is 9.96. The highest BCUT2D eigenvalue weighted by Gasteiger charge is 2.25. The van der Waals surface area contributed by atoms with Gasteiger partial charge in [-0.25, -0.2) is 0 Å². The van der Waals surface area contributed by atoms with Crippen LogP contribution in [0.3, 0.4) is 0 Å². The van der Waals surface area contributed by atoms with Crippen molar-refractivity contribution >= 4 is 11.7 Å². The van der Waals surface area contributed by atoms with Gasteiger partial charge in [0.1, 0.15) is 5.82 Å². The van der Waals surface area contributed by atoms with Gasteiger partial charge in [0.25, 0.3) is 5.56 Å². The normalized spacial score (nSPS) is 14.8. The van der Waals surface area contributed by atoms with Gasteiger partial charge in [-0.2, -0.15) is 4.68 Å². The number of aromatic nitrogens is 2. The van der Waals surface area contributed by atoms with E-state index in [2.05, 4.69) is 22.2 Å². The molecular weight excluding hydrogens is 368 g/mol. The van der Waals surface area contributed by atoms with Gasteiger partial charge < -0.3 is 15.0 Å². The molecule has 29 heavy (non-hydrogen) atoms. The van der Waals surface area contributed by atoms with Crippen molar-refractivity contribution < 1.29 is 9.53 Å². The van der Waals surface area contributed by atoms with Crippen LogP contribution in [0.15, 0.2) is 41.2 Å². The SMILES string of the molecule is CCc1ccc(-n2nc(N3CCC(C(=O)NCCCOC)CC3)ccc2=O)cc1. The van der Waals surface area contributed by atoms with Gasteiger partial charge in [0, 0.05) is 45.3 Å². The van der Waals surface area contributed by atoms with Crippen molar-refractivity contribution in [3.05, 3.63) is 52.3 Å². The lowest BCUT2D eigenvalue weighted by Crippen LogP contribution is -2.41. The zero-order valence-electron chi connectivity index (χ0n) is 17.3. The zero-order chi connectivity index (χ0) is 20.6. The van der Waals surface area contributed by atoms with Crippen molar-refractivity contribution in [1.82, 2.24) is 15.1 Å². The number of rotatable bonds is 8. The fraction of sp³-hybridized carbons (Fsp3) is 0.500. The van der Waals surface area contributed by atoms with Gasteiger partial charge >= 0.3 is 0 Å². The Hall–Kier alpha value is -2.67. The maximum Gasteiger partial charge on any atom is 0.271 e. The van der Waals surface area contributed by atoms with Gasteiger partial charge in [-0.1, -0.05) is 19.1 Å². The summed E-state index contributed by atoms with van der Waals surface area (Å²) in [5.74, 6) is 0.916. The van der Waals surface area contributed by atoms with Crippen molar-refractivity contribution in [2.75, 3.05) is 38.3 Å². The molecule has 7 nitrogen and oxygen atoms in total. The van der Waals surface area contributed by atoms with Gasteiger partial charge in [-0.05, 0) is 49.4 Å². The molecule has 3 rings (SSSR count). The van der Waals surface area contributed by atoms with Gasteiger partial charge in [0.05, 0.1) is 5.69 Å². The van der Waals surface area contributed by atoms with Gasteiger partial charge in [0.15, 0.2) is 0 Å². The van der Waals surface area contributed by atoms with Crippen LogP contribution in [0.2, 0.25) is 0 Å². The molecule has 0 aliphatic carbocycles. The number of hydrogen-bond acceptors (Lipinski definition) is 5. The van der Waals surface area contributed by atoms with Crippen molar-refractivity contribution in [2.24, 2.45) is 5.92 Å². The van der Waals surface area contributed by atoms with Gasteiger partial charge in [-0.15, -0.1) is 5.10 Å². The number of nitrogens with one attached hydrogen (secondary N) is 1. The summed E-state index contributed by atoms with van der Waals surface area (Å²) in [6.45, 7) is 4.90. The minimum absolute atomic E-state index is 0.0290. The fourth-order valence-electron chi connectivity index (χ4n) is 3.57. The average molecular weight is 399 g/mol. The predicted molar refractivity (Wildman–Crippen MR) is 114 cm³/mol. The highest BCUT2D eigenvalue weighted by atomic mass is 16.5. The molecule has 0 radical (unpaired) electrons. The number of hydrogen-bond donors (Lipinski definition) is 1. The highest BCUT2D eigenvalue weighted by molar-refractivity contribution is 5.78. The van der Waals surface area contributed by atoms with Crippen LogP contribution in [0, 0.1) is 5.92 Å². The standard InChI is InChI=1S/C22H30N4O3/c1-3-17-5-7-19(8-6-17)26-21(27)10-9-20(24-26)25-14-11-18(12-15-25)22(28)23-13-4-16-29-2/h5-10,18H,3-4,11-16H2,1-2H3,(H,23,28). The molecule has 0 atom stereocenters. The zero-order valence-corrected chi connectivity index (χ0v) is 17.3. The maximum absolute atomic E-state index is 12.3. The first-order chi connectivity index (χ1) is 14.1. The number of benzene rings is 1. The number of amides is 1. The Morgan fingerprint density at radius 3 is 2.55 bits per heavy atom. The third-order valence-corrected chi connectivity index (χ3v) is 5.39. The number of anilines is 1. The Morgan fingerprint density at radius 1 is 1.17 bits per heavy atom. The van der Waals surface area contributed by atoms with Gasteiger partial charge in [0.2, 0.25) is 5.91 Å². The average Bonchev–Trinajstić information content (AvgIpc) is 2.77. The number of carbonyl (C=O) groups is 1. The Kier molecular flexibility index (Phi) is 7.41. The summed E-state index contributed by atoms with van der Waals surface area (Å²) in [7, 11) is 1.66. The van der Waals surface area contributed by atoms with Gasteiger partial charge in [-0.3, -0.25) is 9.59 Å². The molecule has 0 spiro atoms. The van der Waals surface area contributed by atoms with E-state index in [-0.39, 0.29) is 17.4 Å². The van der Waals surface area contributed by atoms with Crippen LogP contribution in [0.25, 0.3) is 5.69 Å².